The van der Waals surface area contributed by atoms with Crippen LogP contribution in [0.15, 0.2) is 0 Å². The molecule has 0 amide bonds. The van der Waals surface area contributed by atoms with E-state index in [0.29, 0.717) is 6.61 Å². The first-order valence-corrected chi connectivity index (χ1v) is 7.28. The Kier molecular flexibility index (Phi) is 7.82. The molecule has 0 aromatic heterocycles. The quantitative estimate of drug-likeness (QED) is 0.658. The molecule has 0 saturated carbocycles. The van der Waals surface area contributed by atoms with Crippen molar-refractivity contribution in [1.29, 1.82) is 0 Å². The predicted molar refractivity (Wildman–Crippen MR) is 73.3 cm³/mol. The summed E-state index contributed by atoms with van der Waals surface area (Å²) < 4.78 is 0. The third kappa shape index (κ3) is 7.02. The zero-order valence-corrected chi connectivity index (χ0v) is 11.7. The molecular weight excluding hydrogens is 212 g/mol. The molecule has 0 aliphatic carbocycles. The fourth-order valence-corrected chi connectivity index (χ4v) is 2.30. The molecule has 1 aliphatic heterocycles. The van der Waals surface area contributed by atoms with Crippen molar-refractivity contribution in [2.24, 2.45) is 5.92 Å². The van der Waals surface area contributed by atoms with E-state index in [1.54, 1.807) is 0 Å². The molecule has 0 bridgehead atoms. The van der Waals surface area contributed by atoms with Gasteiger partial charge in [0.25, 0.3) is 0 Å². The normalized spacial score (nSPS) is 19.1. The van der Waals surface area contributed by atoms with Crippen LogP contribution in [0.3, 0.4) is 0 Å². The highest BCUT2D eigenvalue weighted by Gasteiger charge is 2.15. The van der Waals surface area contributed by atoms with E-state index in [0.717, 1.165) is 12.3 Å². The highest BCUT2D eigenvalue weighted by molar-refractivity contribution is 4.72. The maximum atomic E-state index is 8.72. The number of unbranched alkanes of at least 4 members (excludes halogenated alkanes) is 2. The summed E-state index contributed by atoms with van der Waals surface area (Å²) >= 11 is 0. The van der Waals surface area contributed by atoms with Crippen LogP contribution in [0, 0.1) is 5.92 Å². The SMILES string of the molecule is CC(C)CCN1CCN(CCCCCO)CC1. The van der Waals surface area contributed by atoms with E-state index in [2.05, 4.69) is 23.6 Å². The second-order valence-corrected chi connectivity index (χ2v) is 5.65. The Morgan fingerprint density at radius 1 is 0.882 bits per heavy atom. The number of rotatable bonds is 8. The van der Waals surface area contributed by atoms with Crippen LogP contribution in [0.25, 0.3) is 0 Å². The zero-order valence-electron chi connectivity index (χ0n) is 11.7. The van der Waals surface area contributed by atoms with Crippen molar-refractivity contribution in [1.82, 2.24) is 9.80 Å². The minimum Gasteiger partial charge on any atom is -0.396 e. The predicted octanol–water partition coefficient (Wildman–Crippen LogP) is 1.81. The molecule has 3 heteroatoms. The molecule has 1 saturated heterocycles. The van der Waals surface area contributed by atoms with E-state index in [9.17, 15) is 0 Å². The van der Waals surface area contributed by atoms with Crippen molar-refractivity contribution in [3.63, 3.8) is 0 Å². The van der Waals surface area contributed by atoms with E-state index in [-0.39, 0.29) is 0 Å². The van der Waals surface area contributed by atoms with E-state index in [4.69, 9.17) is 5.11 Å². The maximum absolute atomic E-state index is 8.72. The summed E-state index contributed by atoms with van der Waals surface area (Å²) in [5.74, 6) is 0.825. The zero-order chi connectivity index (χ0) is 12.5. The molecule has 1 aliphatic rings. The van der Waals surface area contributed by atoms with Gasteiger partial charge in [0.1, 0.15) is 0 Å². The van der Waals surface area contributed by atoms with Crippen molar-refractivity contribution >= 4 is 0 Å². The van der Waals surface area contributed by atoms with Gasteiger partial charge in [-0.1, -0.05) is 13.8 Å². The second kappa shape index (κ2) is 8.90. The van der Waals surface area contributed by atoms with Gasteiger partial charge in [0.15, 0.2) is 0 Å². The van der Waals surface area contributed by atoms with Crippen LogP contribution >= 0.6 is 0 Å². The molecule has 0 atom stereocenters. The first kappa shape index (κ1) is 14.9. The average Bonchev–Trinajstić information content (AvgIpc) is 2.33. The Morgan fingerprint density at radius 2 is 1.47 bits per heavy atom. The summed E-state index contributed by atoms with van der Waals surface area (Å²) in [5.41, 5.74) is 0. The molecule has 17 heavy (non-hydrogen) atoms. The van der Waals surface area contributed by atoms with Crippen LogP contribution in [-0.4, -0.2) is 60.8 Å². The van der Waals surface area contributed by atoms with Crippen LogP contribution in [0.4, 0.5) is 0 Å². The molecular formula is C14H30N2O. The number of hydrogen-bond donors (Lipinski definition) is 1. The number of hydrogen-bond acceptors (Lipinski definition) is 3. The van der Waals surface area contributed by atoms with Gasteiger partial charge in [-0.15, -0.1) is 0 Å². The van der Waals surface area contributed by atoms with Crippen molar-refractivity contribution in [2.75, 3.05) is 45.9 Å². The van der Waals surface area contributed by atoms with Gasteiger partial charge < -0.3 is 14.9 Å². The Labute approximate surface area is 107 Å². The third-order valence-corrected chi connectivity index (χ3v) is 3.62. The van der Waals surface area contributed by atoms with Gasteiger partial charge in [-0.3, -0.25) is 0 Å². The van der Waals surface area contributed by atoms with E-state index in [1.807, 2.05) is 0 Å². The first-order valence-electron chi connectivity index (χ1n) is 7.28. The summed E-state index contributed by atoms with van der Waals surface area (Å²) in [4.78, 5) is 5.17. The van der Waals surface area contributed by atoms with Gasteiger partial charge in [0, 0.05) is 32.8 Å². The lowest BCUT2D eigenvalue weighted by molar-refractivity contribution is 0.126. The van der Waals surface area contributed by atoms with Gasteiger partial charge in [0.2, 0.25) is 0 Å². The highest BCUT2D eigenvalue weighted by Crippen LogP contribution is 2.07. The van der Waals surface area contributed by atoms with E-state index >= 15 is 0 Å². The van der Waals surface area contributed by atoms with Crippen LogP contribution in [-0.2, 0) is 0 Å². The molecule has 1 heterocycles. The average molecular weight is 242 g/mol. The highest BCUT2D eigenvalue weighted by atomic mass is 16.2. The molecule has 0 aromatic carbocycles. The molecule has 3 nitrogen and oxygen atoms in total. The Morgan fingerprint density at radius 3 is 2.00 bits per heavy atom. The Hall–Kier alpha value is -0.120. The molecule has 102 valence electrons. The Balaban J connectivity index is 2.01. The standard InChI is InChI=1S/C14H30N2O/c1-14(2)6-8-16-11-9-15(10-12-16)7-4-3-5-13-17/h14,17H,3-13H2,1-2H3. The van der Waals surface area contributed by atoms with Crippen molar-refractivity contribution in [2.45, 2.75) is 39.5 Å². The molecule has 0 aromatic rings. The number of nitrogens with zero attached hydrogens (tertiary/aromatic N) is 2. The topological polar surface area (TPSA) is 26.7 Å². The molecule has 1 fully saturated rings. The summed E-state index contributed by atoms with van der Waals surface area (Å²) in [6.07, 6.45) is 4.71. The Bertz CT molecular complexity index is 177. The lowest BCUT2D eigenvalue weighted by Crippen LogP contribution is -2.46. The fraction of sp³-hybridized carbons (Fsp3) is 1.00. The maximum Gasteiger partial charge on any atom is 0.0431 e. The van der Waals surface area contributed by atoms with Gasteiger partial charge in [0.05, 0.1) is 0 Å². The largest absolute Gasteiger partial charge is 0.396 e. The van der Waals surface area contributed by atoms with E-state index < -0.39 is 0 Å². The van der Waals surface area contributed by atoms with E-state index in [1.165, 1.54) is 58.5 Å². The van der Waals surface area contributed by atoms with Crippen molar-refractivity contribution < 1.29 is 5.11 Å². The fourth-order valence-electron chi connectivity index (χ4n) is 2.30. The van der Waals surface area contributed by atoms with Crippen molar-refractivity contribution in [3.8, 4) is 0 Å². The van der Waals surface area contributed by atoms with Gasteiger partial charge in [-0.25, -0.2) is 0 Å². The number of aliphatic hydroxyl groups excluding tert-OH is 1. The van der Waals surface area contributed by atoms with Gasteiger partial charge in [-0.2, -0.15) is 0 Å². The monoisotopic (exact) mass is 242 g/mol. The third-order valence-electron chi connectivity index (χ3n) is 3.62. The molecule has 0 spiro atoms. The summed E-state index contributed by atoms with van der Waals surface area (Å²) in [6, 6.07) is 0. The summed E-state index contributed by atoms with van der Waals surface area (Å²) in [5, 5.41) is 8.72. The minimum absolute atomic E-state index is 0.350. The smallest absolute Gasteiger partial charge is 0.0431 e. The van der Waals surface area contributed by atoms with Crippen LogP contribution < -0.4 is 0 Å². The lowest BCUT2D eigenvalue weighted by Gasteiger charge is -2.35. The second-order valence-electron chi connectivity index (χ2n) is 5.65. The molecule has 1 rings (SSSR count). The molecule has 1 N–H and O–H groups in total. The lowest BCUT2D eigenvalue weighted by atomic mass is 10.1. The van der Waals surface area contributed by atoms with Crippen LogP contribution in [0.1, 0.15) is 39.5 Å². The van der Waals surface area contributed by atoms with Crippen molar-refractivity contribution in [3.05, 3.63) is 0 Å². The summed E-state index contributed by atoms with van der Waals surface area (Å²) in [7, 11) is 0. The van der Waals surface area contributed by atoms with Crippen LogP contribution in [0.2, 0.25) is 0 Å². The number of aliphatic hydroxyl groups is 1. The summed E-state index contributed by atoms with van der Waals surface area (Å²) in [6.45, 7) is 12.4. The number of piperazine rings is 1. The van der Waals surface area contributed by atoms with Gasteiger partial charge in [-0.05, 0) is 44.7 Å². The van der Waals surface area contributed by atoms with Gasteiger partial charge >= 0.3 is 0 Å². The molecule has 0 unspecified atom stereocenters. The minimum atomic E-state index is 0.350. The first-order chi connectivity index (χ1) is 8.22. The molecule has 0 radical (unpaired) electrons. The van der Waals surface area contributed by atoms with Crippen LogP contribution in [0.5, 0.6) is 0 Å².